The minimum Gasteiger partial charge on any atom is -0.508 e. The molecule has 12 N–H and O–H groups in total. The number of guanidine groups is 1. The average molecular weight is 637 g/mol. The molecular formula is C32H44N8O6. The molecule has 0 saturated heterocycles. The molecule has 0 aliphatic rings. The molecule has 0 aliphatic heterocycles. The molecule has 14 heteroatoms. The molecule has 0 bridgehead atoms. The second-order valence-corrected chi connectivity index (χ2v) is 11.3. The first-order chi connectivity index (χ1) is 21.9. The van der Waals surface area contributed by atoms with E-state index in [0.29, 0.717) is 18.4 Å². The van der Waals surface area contributed by atoms with E-state index in [0.717, 1.165) is 16.5 Å². The number of phenols is 1. The van der Waals surface area contributed by atoms with Gasteiger partial charge in [-0.25, -0.2) is 4.79 Å². The number of aromatic nitrogens is 1. The SMILES string of the molecule is CCC(C)C(NC(=O)C(CCCN=C(N)N)NC(=O)C(Cc1c[nH]c2ccccc12)NC(=O)C(N)Cc1ccc(O)cc1)C(=O)O. The van der Waals surface area contributed by atoms with E-state index in [-0.39, 0.29) is 43.4 Å². The number of fused-ring (bicyclic) bond motifs is 1. The number of aromatic hydroxyl groups is 1. The Morgan fingerprint density at radius 2 is 1.57 bits per heavy atom. The first-order valence-electron chi connectivity index (χ1n) is 15.2. The maximum absolute atomic E-state index is 13.9. The van der Waals surface area contributed by atoms with Gasteiger partial charge in [0.1, 0.15) is 23.9 Å². The van der Waals surface area contributed by atoms with Crippen molar-refractivity contribution in [3.05, 3.63) is 65.9 Å². The number of para-hydroxylation sites is 1. The maximum atomic E-state index is 13.9. The van der Waals surface area contributed by atoms with Crippen LogP contribution in [0.5, 0.6) is 5.75 Å². The number of phenolic OH excluding ortho intramolecular Hbond substituents is 1. The van der Waals surface area contributed by atoms with Gasteiger partial charge < -0.3 is 48.3 Å². The second-order valence-electron chi connectivity index (χ2n) is 11.3. The molecule has 248 valence electrons. The first kappa shape index (κ1) is 35.4. The fourth-order valence-corrected chi connectivity index (χ4v) is 4.97. The van der Waals surface area contributed by atoms with Crippen LogP contribution in [0.3, 0.4) is 0 Å². The second kappa shape index (κ2) is 16.8. The zero-order valence-electron chi connectivity index (χ0n) is 26.0. The summed E-state index contributed by atoms with van der Waals surface area (Å²) in [4.78, 5) is 59.6. The number of nitrogens with zero attached hydrogens (tertiary/aromatic N) is 1. The van der Waals surface area contributed by atoms with Gasteiger partial charge in [0.15, 0.2) is 5.96 Å². The largest absolute Gasteiger partial charge is 0.508 e. The van der Waals surface area contributed by atoms with Crippen molar-refractivity contribution in [1.82, 2.24) is 20.9 Å². The zero-order valence-corrected chi connectivity index (χ0v) is 26.0. The third-order valence-electron chi connectivity index (χ3n) is 7.82. The highest BCUT2D eigenvalue weighted by atomic mass is 16.4. The van der Waals surface area contributed by atoms with Gasteiger partial charge in [0, 0.05) is 30.1 Å². The van der Waals surface area contributed by atoms with Crippen LogP contribution in [0.4, 0.5) is 0 Å². The van der Waals surface area contributed by atoms with Crippen LogP contribution in [0.2, 0.25) is 0 Å². The fraction of sp³-hybridized carbons (Fsp3) is 0.406. The molecule has 3 amide bonds. The molecule has 0 aliphatic carbocycles. The van der Waals surface area contributed by atoms with Gasteiger partial charge in [0.05, 0.1) is 6.04 Å². The molecule has 5 unspecified atom stereocenters. The number of carbonyl (C=O) groups excluding carboxylic acids is 3. The normalized spacial score (nSPS) is 14.3. The molecule has 0 fully saturated rings. The summed E-state index contributed by atoms with van der Waals surface area (Å²) in [5, 5.41) is 28.2. The lowest BCUT2D eigenvalue weighted by atomic mass is 9.98. The molecule has 1 heterocycles. The number of hydrogen-bond acceptors (Lipinski definition) is 7. The average Bonchev–Trinajstić information content (AvgIpc) is 3.43. The summed E-state index contributed by atoms with van der Waals surface area (Å²) >= 11 is 0. The Balaban J connectivity index is 1.86. The van der Waals surface area contributed by atoms with Gasteiger partial charge in [0.2, 0.25) is 17.7 Å². The summed E-state index contributed by atoms with van der Waals surface area (Å²) in [5.41, 5.74) is 19.4. The van der Waals surface area contributed by atoms with Crippen molar-refractivity contribution < 1.29 is 29.4 Å². The molecule has 0 spiro atoms. The number of carboxylic acid groups (broad SMARTS) is 1. The molecule has 14 nitrogen and oxygen atoms in total. The molecule has 46 heavy (non-hydrogen) atoms. The van der Waals surface area contributed by atoms with Crippen LogP contribution < -0.4 is 33.2 Å². The van der Waals surface area contributed by atoms with E-state index < -0.39 is 47.9 Å². The molecule has 5 atom stereocenters. The van der Waals surface area contributed by atoms with Gasteiger partial charge in [-0.2, -0.15) is 0 Å². The predicted molar refractivity (Wildman–Crippen MR) is 175 cm³/mol. The van der Waals surface area contributed by atoms with E-state index in [2.05, 4.69) is 25.9 Å². The number of nitrogens with one attached hydrogen (secondary N) is 4. The number of aliphatic imine (C=N–C) groups is 1. The van der Waals surface area contributed by atoms with Crippen molar-refractivity contribution in [3.8, 4) is 5.75 Å². The summed E-state index contributed by atoms with van der Waals surface area (Å²) in [6.07, 6.45) is 2.86. The summed E-state index contributed by atoms with van der Waals surface area (Å²) in [6, 6.07) is 9.27. The number of benzene rings is 2. The number of carboxylic acids is 1. The Morgan fingerprint density at radius 1 is 0.913 bits per heavy atom. The predicted octanol–water partition coefficient (Wildman–Crippen LogP) is 0.625. The number of amides is 3. The van der Waals surface area contributed by atoms with Gasteiger partial charge in [-0.05, 0) is 54.5 Å². The van der Waals surface area contributed by atoms with Crippen LogP contribution >= 0.6 is 0 Å². The summed E-state index contributed by atoms with van der Waals surface area (Å²) in [5.74, 6) is -3.56. The van der Waals surface area contributed by atoms with Crippen molar-refractivity contribution in [1.29, 1.82) is 0 Å². The van der Waals surface area contributed by atoms with Gasteiger partial charge in [0.25, 0.3) is 0 Å². The van der Waals surface area contributed by atoms with Gasteiger partial charge >= 0.3 is 5.97 Å². The highest BCUT2D eigenvalue weighted by Crippen LogP contribution is 2.20. The molecule has 0 saturated carbocycles. The quantitative estimate of drug-likeness (QED) is 0.0571. The van der Waals surface area contributed by atoms with E-state index in [4.69, 9.17) is 17.2 Å². The van der Waals surface area contributed by atoms with E-state index in [1.54, 1.807) is 25.3 Å². The third-order valence-corrected chi connectivity index (χ3v) is 7.82. The van der Waals surface area contributed by atoms with Crippen molar-refractivity contribution >= 4 is 40.6 Å². The van der Waals surface area contributed by atoms with Crippen LogP contribution in [0.15, 0.2) is 59.7 Å². The molecule has 2 aromatic carbocycles. The molecule has 3 rings (SSSR count). The number of H-pyrrole nitrogens is 1. The number of carbonyl (C=O) groups is 4. The van der Waals surface area contributed by atoms with Gasteiger partial charge in [-0.3, -0.25) is 19.4 Å². The Bertz CT molecular complexity index is 1520. The highest BCUT2D eigenvalue weighted by Gasteiger charge is 2.32. The van der Waals surface area contributed by atoms with Gasteiger partial charge in [-0.15, -0.1) is 0 Å². The first-order valence-corrected chi connectivity index (χ1v) is 15.2. The van der Waals surface area contributed by atoms with Crippen LogP contribution in [-0.4, -0.2) is 75.6 Å². The van der Waals surface area contributed by atoms with Gasteiger partial charge in [-0.1, -0.05) is 50.6 Å². The minimum atomic E-state index is -1.19. The smallest absolute Gasteiger partial charge is 0.326 e. The Labute approximate surface area is 267 Å². The lowest BCUT2D eigenvalue weighted by molar-refractivity contribution is -0.144. The number of aromatic amines is 1. The van der Waals surface area contributed by atoms with Crippen LogP contribution in [0, 0.1) is 5.92 Å². The van der Waals surface area contributed by atoms with E-state index in [1.807, 2.05) is 31.2 Å². The lowest BCUT2D eigenvalue weighted by Gasteiger charge is -2.26. The number of aliphatic carboxylic acids is 1. The van der Waals surface area contributed by atoms with Crippen molar-refractivity contribution in [3.63, 3.8) is 0 Å². The van der Waals surface area contributed by atoms with Crippen LogP contribution in [0.1, 0.15) is 44.2 Å². The van der Waals surface area contributed by atoms with Crippen LogP contribution in [0.25, 0.3) is 10.9 Å². The van der Waals surface area contributed by atoms with Crippen molar-refractivity contribution in [2.24, 2.45) is 28.1 Å². The Hall–Kier alpha value is -5.11. The number of nitrogens with two attached hydrogens (primary N) is 3. The highest BCUT2D eigenvalue weighted by molar-refractivity contribution is 5.95. The molecule has 3 aromatic rings. The third kappa shape index (κ3) is 10.2. The lowest BCUT2D eigenvalue weighted by Crippen LogP contribution is -2.58. The molecule has 1 aromatic heterocycles. The Kier molecular flexibility index (Phi) is 12.9. The monoisotopic (exact) mass is 636 g/mol. The summed E-state index contributed by atoms with van der Waals surface area (Å²) in [6.45, 7) is 3.70. The topological polar surface area (TPSA) is 251 Å². The van der Waals surface area contributed by atoms with E-state index in [9.17, 15) is 29.4 Å². The maximum Gasteiger partial charge on any atom is 0.326 e. The van der Waals surface area contributed by atoms with Crippen LogP contribution in [-0.2, 0) is 32.0 Å². The standard InChI is InChI=1S/C32H44N8O6/c1-3-18(2)27(31(45)46)40-29(43)25(9-6-14-36-32(34)35)38-30(44)26(16-20-17-37-24-8-5-4-7-22(20)24)39-28(42)23(33)15-19-10-12-21(41)13-11-19/h4-5,7-8,10-13,17-18,23,25-27,37,41H,3,6,9,14-16,33H2,1-2H3,(H,38,44)(H,39,42)(H,40,43)(H,45,46)(H4,34,35,36). The Morgan fingerprint density at radius 3 is 2.22 bits per heavy atom. The number of hydrogen-bond donors (Lipinski definition) is 9. The molecule has 0 radical (unpaired) electrons. The summed E-state index contributed by atoms with van der Waals surface area (Å²) < 4.78 is 0. The van der Waals surface area contributed by atoms with E-state index >= 15 is 0 Å². The van der Waals surface area contributed by atoms with Crippen molar-refractivity contribution in [2.45, 2.75) is 70.1 Å². The van der Waals surface area contributed by atoms with E-state index in [1.165, 1.54) is 12.1 Å². The minimum absolute atomic E-state index is 0.0699. The zero-order chi connectivity index (χ0) is 33.8. The molecular weight excluding hydrogens is 592 g/mol. The fourth-order valence-electron chi connectivity index (χ4n) is 4.97. The number of rotatable bonds is 17. The van der Waals surface area contributed by atoms with Crippen molar-refractivity contribution in [2.75, 3.05) is 6.54 Å². The summed E-state index contributed by atoms with van der Waals surface area (Å²) in [7, 11) is 0.